The van der Waals surface area contributed by atoms with Gasteiger partial charge >= 0.3 is 0 Å². The molecule has 0 aliphatic rings. The van der Waals surface area contributed by atoms with E-state index in [9.17, 15) is 4.79 Å². The zero-order chi connectivity index (χ0) is 11.8. The average Bonchev–Trinajstić information content (AvgIpc) is 2.34. The molecule has 0 saturated carbocycles. The molecule has 0 spiro atoms. The van der Waals surface area contributed by atoms with Crippen molar-refractivity contribution in [1.82, 2.24) is 5.32 Å². The first kappa shape index (κ1) is 12.8. The van der Waals surface area contributed by atoms with E-state index in [0.717, 1.165) is 17.3 Å². The van der Waals surface area contributed by atoms with E-state index in [0.29, 0.717) is 18.5 Å². The molecule has 1 N–H and O–H groups in total. The van der Waals surface area contributed by atoms with E-state index in [2.05, 4.69) is 27.2 Å². The van der Waals surface area contributed by atoms with Gasteiger partial charge in [-0.1, -0.05) is 28.1 Å². The highest BCUT2D eigenvalue weighted by Gasteiger charge is 2.03. The summed E-state index contributed by atoms with van der Waals surface area (Å²) in [5.41, 5.74) is 1.84. The molecule has 0 unspecified atom stereocenters. The molecule has 0 fully saturated rings. The number of nitrogens with one attached hydrogen (secondary N) is 1. The zero-order valence-corrected chi connectivity index (χ0v) is 10.6. The Balaban J connectivity index is 2.44. The molecule has 0 heterocycles. The van der Waals surface area contributed by atoms with Crippen LogP contribution in [-0.4, -0.2) is 12.5 Å². The first-order valence-corrected chi connectivity index (χ1v) is 6.26. The smallest absolute Gasteiger partial charge is 0.251 e. The molecule has 1 aromatic rings. The van der Waals surface area contributed by atoms with Gasteiger partial charge in [0, 0.05) is 23.9 Å². The van der Waals surface area contributed by atoms with Crippen LogP contribution in [0.3, 0.4) is 0 Å². The SMILES string of the molecule is C#CCCCNC(=O)c1ccc(CBr)cc1. The molecule has 0 atom stereocenters. The number of benzene rings is 1. The van der Waals surface area contributed by atoms with Gasteiger partial charge < -0.3 is 5.32 Å². The zero-order valence-electron chi connectivity index (χ0n) is 9.00. The largest absolute Gasteiger partial charge is 0.352 e. The third kappa shape index (κ3) is 4.08. The lowest BCUT2D eigenvalue weighted by atomic mass is 10.1. The molecule has 0 saturated heterocycles. The minimum Gasteiger partial charge on any atom is -0.352 e. The lowest BCUT2D eigenvalue weighted by Gasteiger charge is -2.04. The van der Waals surface area contributed by atoms with Crippen LogP contribution in [0.25, 0.3) is 0 Å². The Morgan fingerprint density at radius 1 is 1.38 bits per heavy atom. The number of unbranched alkanes of at least 4 members (excludes halogenated alkanes) is 1. The standard InChI is InChI=1S/C13H14BrNO/c1-2-3-4-9-15-13(16)12-7-5-11(10-14)6-8-12/h1,5-8H,3-4,9-10H2,(H,15,16). The molecule has 0 radical (unpaired) electrons. The van der Waals surface area contributed by atoms with E-state index < -0.39 is 0 Å². The second kappa shape index (κ2) is 7.08. The van der Waals surface area contributed by atoms with Gasteiger partial charge in [-0.2, -0.15) is 0 Å². The highest BCUT2D eigenvalue weighted by Crippen LogP contribution is 2.07. The Kier molecular flexibility index (Phi) is 5.66. The monoisotopic (exact) mass is 279 g/mol. The van der Waals surface area contributed by atoms with Crippen molar-refractivity contribution in [3.8, 4) is 12.3 Å². The van der Waals surface area contributed by atoms with Gasteiger partial charge in [-0.3, -0.25) is 4.79 Å². The fraction of sp³-hybridized carbons (Fsp3) is 0.308. The second-order valence-electron chi connectivity index (χ2n) is 3.39. The molecule has 1 aromatic carbocycles. The Morgan fingerprint density at radius 2 is 2.06 bits per heavy atom. The van der Waals surface area contributed by atoms with Crippen LogP contribution in [0.5, 0.6) is 0 Å². The first-order valence-electron chi connectivity index (χ1n) is 5.14. The maximum atomic E-state index is 11.6. The van der Waals surface area contributed by atoms with Crippen molar-refractivity contribution in [2.75, 3.05) is 6.54 Å². The van der Waals surface area contributed by atoms with Crippen LogP contribution in [0.4, 0.5) is 0 Å². The van der Waals surface area contributed by atoms with E-state index in [-0.39, 0.29) is 5.91 Å². The number of carbonyl (C=O) groups excluding carboxylic acids is 1. The van der Waals surface area contributed by atoms with Crippen LogP contribution in [-0.2, 0) is 5.33 Å². The fourth-order valence-corrected chi connectivity index (χ4v) is 1.61. The molecule has 2 nitrogen and oxygen atoms in total. The van der Waals surface area contributed by atoms with E-state index in [4.69, 9.17) is 6.42 Å². The summed E-state index contributed by atoms with van der Waals surface area (Å²) in [6.07, 6.45) is 6.64. The first-order chi connectivity index (χ1) is 7.77. The lowest BCUT2D eigenvalue weighted by Crippen LogP contribution is -2.24. The molecule has 1 rings (SSSR count). The van der Waals surface area contributed by atoms with Gasteiger partial charge in [-0.05, 0) is 24.1 Å². The summed E-state index contributed by atoms with van der Waals surface area (Å²) >= 11 is 3.36. The van der Waals surface area contributed by atoms with Crippen LogP contribution in [0, 0.1) is 12.3 Å². The van der Waals surface area contributed by atoms with Crippen molar-refractivity contribution in [3.05, 3.63) is 35.4 Å². The number of hydrogen-bond donors (Lipinski definition) is 1. The summed E-state index contributed by atoms with van der Waals surface area (Å²) in [6, 6.07) is 7.52. The minimum absolute atomic E-state index is 0.0434. The van der Waals surface area contributed by atoms with E-state index in [1.165, 1.54) is 0 Å². The third-order valence-corrected chi connectivity index (χ3v) is 2.80. The quantitative estimate of drug-likeness (QED) is 0.501. The topological polar surface area (TPSA) is 29.1 Å². The number of halogens is 1. The van der Waals surface area contributed by atoms with Crippen molar-refractivity contribution in [2.45, 2.75) is 18.2 Å². The molecule has 0 bridgehead atoms. The van der Waals surface area contributed by atoms with E-state index in [1.807, 2.05) is 24.3 Å². The number of terminal acetylenes is 1. The van der Waals surface area contributed by atoms with Crippen LogP contribution in [0.15, 0.2) is 24.3 Å². The summed E-state index contributed by atoms with van der Waals surface area (Å²) in [5.74, 6) is 2.50. The molecule has 16 heavy (non-hydrogen) atoms. The molecule has 0 aliphatic heterocycles. The summed E-state index contributed by atoms with van der Waals surface area (Å²) in [4.78, 5) is 11.6. The van der Waals surface area contributed by atoms with Gasteiger partial charge in [0.05, 0.1) is 0 Å². The molecule has 3 heteroatoms. The van der Waals surface area contributed by atoms with Crippen LogP contribution < -0.4 is 5.32 Å². The average molecular weight is 280 g/mol. The third-order valence-electron chi connectivity index (χ3n) is 2.15. The van der Waals surface area contributed by atoms with Gasteiger partial charge in [-0.25, -0.2) is 0 Å². The van der Waals surface area contributed by atoms with Crippen molar-refractivity contribution >= 4 is 21.8 Å². The number of hydrogen-bond acceptors (Lipinski definition) is 1. The van der Waals surface area contributed by atoms with Crippen molar-refractivity contribution in [2.24, 2.45) is 0 Å². The van der Waals surface area contributed by atoms with Gasteiger partial charge in [0.1, 0.15) is 0 Å². The maximum absolute atomic E-state index is 11.6. The Morgan fingerprint density at radius 3 is 2.62 bits per heavy atom. The van der Waals surface area contributed by atoms with Gasteiger partial charge in [0.25, 0.3) is 5.91 Å². The highest BCUT2D eigenvalue weighted by atomic mass is 79.9. The summed E-state index contributed by atoms with van der Waals surface area (Å²) in [5, 5.41) is 3.63. The summed E-state index contributed by atoms with van der Waals surface area (Å²) in [7, 11) is 0. The molecule has 1 amide bonds. The van der Waals surface area contributed by atoms with Crippen LogP contribution in [0.1, 0.15) is 28.8 Å². The number of carbonyl (C=O) groups is 1. The lowest BCUT2D eigenvalue weighted by molar-refractivity contribution is 0.0953. The Bertz CT molecular complexity index is 378. The summed E-state index contributed by atoms with van der Waals surface area (Å²) < 4.78 is 0. The molecule has 0 aliphatic carbocycles. The van der Waals surface area contributed by atoms with Gasteiger partial charge in [0.15, 0.2) is 0 Å². The van der Waals surface area contributed by atoms with Crippen molar-refractivity contribution in [1.29, 1.82) is 0 Å². The van der Waals surface area contributed by atoms with Crippen molar-refractivity contribution in [3.63, 3.8) is 0 Å². The fourth-order valence-electron chi connectivity index (χ4n) is 1.24. The van der Waals surface area contributed by atoms with Crippen LogP contribution >= 0.6 is 15.9 Å². The Labute approximate surface area is 105 Å². The van der Waals surface area contributed by atoms with Crippen molar-refractivity contribution < 1.29 is 4.79 Å². The Hall–Kier alpha value is -1.27. The molecular formula is C13H14BrNO. The minimum atomic E-state index is -0.0434. The highest BCUT2D eigenvalue weighted by molar-refractivity contribution is 9.08. The number of rotatable bonds is 5. The molecular weight excluding hydrogens is 266 g/mol. The second-order valence-corrected chi connectivity index (χ2v) is 3.95. The molecule has 84 valence electrons. The van der Waals surface area contributed by atoms with Gasteiger partial charge in [0.2, 0.25) is 0 Å². The normalized spacial score (nSPS) is 9.50. The maximum Gasteiger partial charge on any atom is 0.251 e. The van der Waals surface area contributed by atoms with E-state index >= 15 is 0 Å². The van der Waals surface area contributed by atoms with Gasteiger partial charge in [-0.15, -0.1) is 12.3 Å². The number of amides is 1. The predicted octanol–water partition coefficient (Wildman–Crippen LogP) is 2.72. The predicted molar refractivity (Wildman–Crippen MR) is 69.5 cm³/mol. The van der Waals surface area contributed by atoms with E-state index in [1.54, 1.807) is 0 Å². The molecule has 0 aromatic heterocycles. The number of alkyl halides is 1. The van der Waals surface area contributed by atoms with Crippen LogP contribution in [0.2, 0.25) is 0 Å². The summed E-state index contributed by atoms with van der Waals surface area (Å²) in [6.45, 7) is 0.628.